The van der Waals surface area contributed by atoms with Gasteiger partial charge in [0.2, 0.25) is 0 Å². The molecule has 0 atom stereocenters. The third-order valence-electron chi connectivity index (χ3n) is 1.38. The SMILES string of the molecule is CCOc1cc(O)cc(Cl)c1N. The van der Waals surface area contributed by atoms with Crippen LogP contribution in [0.15, 0.2) is 12.1 Å². The van der Waals surface area contributed by atoms with Gasteiger partial charge in [0.1, 0.15) is 11.5 Å². The van der Waals surface area contributed by atoms with Crippen molar-refractivity contribution in [2.75, 3.05) is 12.3 Å². The molecule has 0 aliphatic rings. The van der Waals surface area contributed by atoms with Gasteiger partial charge in [-0.25, -0.2) is 0 Å². The van der Waals surface area contributed by atoms with E-state index in [1.54, 1.807) is 0 Å². The average molecular weight is 188 g/mol. The van der Waals surface area contributed by atoms with Crippen LogP contribution >= 0.6 is 11.6 Å². The Balaban J connectivity index is 3.09. The van der Waals surface area contributed by atoms with Crippen molar-refractivity contribution < 1.29 is 9.84 Å². The fourth-order valence-electron chi connectivity index (χ4n) is 0.854. The van der Waals surface area contributed by atoms with Crippen molar-refractivity contribution in [3.05, 3.63) is 17.2 Å². The van der Waals surface area contributed by atoms with E-state index in [-0.39, 0.29) is 5.75 Å². The fraction of sp³-hybridized carbons (Fsp3) is 0.250. The standard InChI is InChI=1S/C8H10ClNO2/c1-2-12-7-4-5(11)3-6(9)8(7)10/h3-4,11H,2,10H2,1H3. The number of hydrogen-bond acceptors (Lipinski definition) is 3. The number of rotatable bonds is 2. The van der Waals surface area contributed by atoms with Gasteiger partial charge in [-0.05, 0) is 6.92 Å². The lowest BCUT2D eigenvalue weighted by molar-refractivity contribution is 0.339. The smallest absolute Gasteiger partial charge is 0.147 e. The molecule has 12 heavy (non-hydrogen) atoms. The molecule has 0 spiro atoms. The lowest BCUT2D eigenvalue weighted by atomic mass is 10.3. The van der Waals surface area contributed by atoms with E-state index in [9.17, 15) is 0 Å². The number of aromatic hydroxyl groups is 1. The molecule has 0 aliphatic heterocycles. The van der Waals surface area contributed by atoms with E-state index in [0.717, 1.165) is 0 Å². The maximum Gasteiger partial charge on any atom is 0.147 e. The number of benzene rings is 1. The Hall–Kier alpha value is -1.09. The second-order valence-corrected chi connectivity index (χ2v) is 2.68. The molecule has 0 fully saturated rings. The van der Waals surface area contributed by atoms with Gasteiger partial charge in [-0.15, -0.1) is 0 Å². The first kappa shape index (κ1) is 9.00. The summed E-state index contributed by atoms with van der Waals surface area (Å²) in [6, 6.07) is 2.81. The van der Waals surface area contributed by atoms with Crippen LogP contribution in [0.25, 0.3) is 0 Å². The van der Waals surface area contributed by atoms with E-state index in [2.05, 4.69) is 0 Å². The molecule has 3 nitrogen and oxygen atoms in total. The minimum atomic E-state index is 0.0534. The first-order valence-electron chi connectivity index (χ1n) is 3.56. The molecule has 1 aromatic carbocycles. The van der Waals surface area contributed by atoms with Gasteiger partial charge in [-0.3, -0.25) is 0 Å². The topological polar surface area (TPSA) is 55.5 Å². The molecule has 0 aliphatic carbocycles. The van der Waals surface area contributed by atoms with E-state index in [1.165, 1.54) is 12.1 Å². The highest BCUT2D eigenvalue weighted by molar-refractivity contribution is 6.33. The summed E-state index contributed by atoms with van der Waals surface area (Å²) in [5, 5.41) is 9.43. The van der Waals surface area contributed by atoms with Gasteiger partial charge in [0.25, 0.3) is 0 Å². The normalized spacial score (nSPS) is 9.83. The Labute approximate surface area is 75.7 Å². The number of halogens is 1. The Morgan fingerprint density at radius 2 is 2.25 bits per heavy atom. The van der Waals surface area contributed by atoms with Gasteiger partial charge >= 0.3 is 0 Å². The first-order valence-corrected chi connectivity index (χ1v) is 3.93. The second kappa shape index (κ2) is 3.54. The van der Waals surface area contributed by atoms with Crippen molar-refractivity contribution >= 4 is 17.3 Å². The van der Waals surface area contributed by atoms with Crippen LogP contribution in [0.2, 0.25) is 5.02 Å². The minimum absolute atomic E-state index is 0.0534. The van der Waals surface area contributed by atoms with Gasteiger partial charge < -0.3 is 15.6 Å². The molecule has 0 saturated heterocycles. The Morgan fingerprint density at radius 1 is 1.58 bits per heavy atom. The molecule has 1 rings (SSSR count). The van der Waals surface area contributed by atoms with Crippen molar-refractivity contribution in [3.8, 4) is 11.5 Å². The lowest BCUT2D eigenvalue weighted by Crippen LogP contribution is -1.97. The van der Waals surface area contributed by atoms with Gasteiger partial charge in [0.15, 0.2) is 0 Å². The number of anilines is 1. The van der Waals surface area contributed by atoms with E-state index in [4.69, 9.17) is 27.2 Å². The van der Waals surface area contributed by atoms with Crippen molar-refractivity contribution in [1.29, 1.82) is 0 Å². The fourth-order valence-corrected chi connectivity index (χ4v) is 1.06. The van der Waals surface area contributed by atoms with Gasteiger partial charge in [-0.1, -0.05) is 11.6 Å². The third-order valence-corrected chi connectivity index (χ3v) is 1.69. The zero-order chi connectivity index (χ0) is 9.14. The Bertz CT molecular complexity index is 289. The minimum Gasteiger partial charge on any atom is -0.508 e. The van der Waals surface area contributed by atoms with Crippen molar-refractivity contribution in [3.63, 3.8) is 0 Å². The highest BCUT2D eigenvalue weighted by Gasteiger charge is 2.06. The largest absolute Gasteiger partial charge is 0.508 e. The van der Waals surface area contributed by atoms with Crippen LogP contribution in [-0.2, 0) is 0 Å². The average Bonchev–Trinajstić information content (AvgIpc) is 2.00. The molecular weight excluding hydrogens is 178 g/mol. The van der Waals surface area contributed by atoms with Crippen LogP contribution in [0.4, 0.5) is 5.69 Å². The summed E-state index contributed by atoms with van der Waals surface area (Å²) in [6.07, 6.45) is 0. The highest BCUT2D eigenvalue weighted by Crippen LogP contribution is 2.33. The zero-order valence-electron chi connectivity index (χ0n) is 6.67. The summed E-state index contributed by atoms with van der Waals surface area (Å²) in [7, 11) is 0. The number of phenols is 1. The molecule has 0 aromatic heterocycles. The molecule has 3 N–H and O–H groups in total. The van der Waals surface area contributed by atoms with E-state index in [0.29, 0.717) is 23.1 Å². The monoisotopic (exact) mass is 187 g/mol. The third kappa shape index (κ3) is 1.74. The van der Waals surface area contributed by atoms with Crippen molar-refractivity contribution in [2.24, 2.45) is 0 Å². The summed E-state index contributed by atoms with van der Waals surface area (Å²) in [4.78, 5) is 0. The van der Waals surface area contributed by atoms with E-state index >= 15 is 0 Å². The van der Waals surface area contributed by atoms with Gasteiger partial charge in [0.05, 0.1) is 17.3 Å². The van der Waals surface area contributed by atoms with Gasteiger partial charge in [0, 0.05) is 12.1 Å². The predicted octanol–water partition coefficient (Wildman–Crippen LogP) is 2.03. The molecule has 66 valence electrons. The van der Waals surface area contributed by atoms with Crippen LogP contribution in [0.3, 0.4) is 0 Å². The number of hydrogen-bond donors (Lipinski definition) is 2. The van der Waals surface area contributed by atoms with Crippen molar-refractivity contribution in [1.82, 2.24) is 0 Å². The molecular formula is C8H10ClNO2. The highest BCUT2D eigenvalue weighted by atomic mass is 35.5. The molecule has 0 radical (unpaired) electrons. The molecule has 4 heteroatoms. The summed E-state index contributed by atoms with van der Waals surface area (Å²) < 4.78 is 5.13. The maximum atomic E-state index is 9.12. The Morgan fingerprint density at radius 3 is 2.83 bits per heavy atom. The second-order valence-electron chi connectivity index (χ2n) is 2.27. The predicted molar refractivity (Wildman–Crippen MR) is 48.7 cm³/mol. The summed E-state index contributed by atoms with van der Waals surface area (Å²) in [5.41, 5.74) is 5.93. The van der Waals surface area contributed by atoms with Crippen LogP contribution in [0.5, 0.6) is 11.5 Å². The number of phenolic OH excluding ortho intramolecular Hbond substituents is 1. The maximum absolute atomic E-state index is 9.12. The zero-order valence-corrected chi connectivity index (χ0v) is 7.43. The van der Waals surface area contributed by atoms with E-state index in [1.807, 2.05) is 6.92 Å². The molecule has 0 unspecified atom stereocenters. The number of nitrogen functional groups attached to an aromatic ring is 1. The summed E-state index contributed by atoms with van der Waals surface area (Å²) in [5.74, 6) is 0.472. The van der Waals surface area contributed by atoms with Crippen molar-refractivity contribution in [2.45, 2.75) is 6.92 Å². The van der Waals surface area contributed by atoms with Gasteiger partial charge in [-0.2, -0.15) is 0 Å². The molecule has 0 heterocycles. The molecule has 0 amide bonds. The first-order chi connectivity index (χ1) is 5.65. The number of ether oxygens (including phenoxy) is 1. The van der Waals surface area contributed by atoms with Crippen LogP contribution in [-0.4, -0.2) is 11.7 Å². The lowest BCUT2D eigenvalue weighted by Gasteiger charge is -2.08. The van der Waals surface area contributed by atoms with Crippen LogP contribution in [0.1, 0.15) is 6.92 Å². The molecule has 0 bridgehead atoms. The quantitative estimate of drug-likeness (QED) is 0.550. The number of nitrogens with two attached hydrogens (primary N) is 1. The van der Waals surface area contributed by atoms with E-state index < -0.39 is 0 Å². The molecule has 0 saturated carbocycles. The van der Waals surface area contributed by atoms with Crippen LogP contribution in [0, 0.1) is 0 Å². The summed E-state index contributed by atoms with van der Waals surface area (Å²) >= 11 is 5.69. The molecule has 1 aromatic rings. The Kier molecular flexibility index (Phi) is 2.65. The van der Waals surface area contributed by atoms with Crippen LogP contribution < -0.4 is 10.5 Å². The summed E-state index contributed by atoms with van der Waals surface area (Å²) in [6.45, 7) is 2.32.